The van der Waals surface area contributed by atoms with Crippen molar-refractivity contribution in [1.29, 1.82) is 0 Å². The maximum atomic E-state index is 13.7. The number of hydrogen-bond donors (Lipinski definition) is 2. The standard InChI is InChI=1S/C21H18ClFN2O4S/c1-29-19-9-5-4-8-18(19)25-30(27,28)20-12-14(10-11-16(20)22)21(26)24-13-15-6-2-3-7-17(15)23/h2-12,25H,13H2,1H3,(H,24,26). The van der Waals surface area contributed by atoms with Crippen molar-refractivity contribution in [3.63, 3.8) is 0 Å². The van der Waals surface area contributed by atoms with Gasteiger partial charge in [0.1, 0.15) is 16.5 Å². The maximum Gasteiger partial charge on any atom is 0.263 e. The van der Waals surface area contributed by atoms with Crippen molar-refractivity contribution in [1.82, 2.24) is 5.32 Å². The molecule has 0 aliphatic carbocycles. The van der Waals surface area contributed by atoms with Gasteiger partial charge in [-0.15, -0.1) is 0 Å². The fourth-order valence-corrected chi connectivity index (χ4v) is 4.30. The summed E-state index contributed by atoms with van der Waals surface area (Å²) in [5, 5.41) is 2.51. The van der Waals surface area contributed by atoms with Crippen molar-refractivity contribution in [3.05, 3.63) is 88.7 Å². The van der Waals surface area contributed by atoms with Crippen molar-refractivity contribution in [3.8, 4) is 5.75 Å². The highest BCUT2D eigenvalue weighted by Crippen LogP contribution is 2.29. The van der Waals surface area contributed by atoms with Gasteiger partial charge in [0.25, 0.3) is 15.9 Å². The predicted octanol–water partition coefficient (Wildman–Crippen LogP) is 4.22. The van der Waals surface area contributed by atoms with Gasteiger partial charge in [-0.3, -0.25) is 9.52 Å². The molecule has 0 fully saturated rings. The van der Waals surface area contributed by atoms with E-state index in [2.05, 4.69) is 10.0 Å². The summed E-state index contributed by atoms with van der Waals surface area (Å²) in [4.78, 5) is 12.2. The van der Waals surface area contributed by atoms with E-state index >= 15 is 0 Å². The molecule has 6 nitrogen and oxygen atoms in total. The number of hydrogen-bond acceptors (Lipinski definition) is 4. The molecule has 3 aromatic carbocycles. The van der Waals surface area contributed by atoms with Crippen molar-refractivity contribution >= 4 is 33.2 Å². The fourth-order valence-electron chi connectivity index (χ4n) is 2.70. The molecule has 3 rings (SSSR count). The number of amides is 1. The van der Waals surface area contributed by atoms with E-state index in [0.717, 1.165) is 6.07 Å². The van der Waals surface area contributed by atoms with Crippen LogP contribution < -0.4 is 14.8 Å². The Bertz CT molecular complexity index is 1190. The second-order valence-electron chi connectivity index (χ2n) is 6.23. The Hall–Kier alpha value is -3.10. The highest BCUT2D eigenvalue weighted by molar-refractivity contribution is 7.92. The summed E-state index contributed by atoms with van der Waals surface area (Å²) in [6.45, 7) is -0.0460. The average molecular weight is 449 g/mol. The Kier molecular flexibility index (Phi) is 6.59. The summed E-state index contributed by atoms with van der Waals surface area (Å²) in [6.07, 6.45) is 0. The molecule has 156 valence electrons. The summed E-state index contributed by atoms with van der Waals surface area (Å²) in [5.74, 6) is -0.683. The van der Waals surface area contributed by atoms with Gasteiger partial charge >= 0.3 is 0 Å². The summed E-state index contributed by atoms with van der Waals surface area (Å²) in [5.41, 5.74) is 0.604. The lowest BCUT2D eigenvalue weighted by atomic mass is 10.2. The highest BCUT2D eigenvalue weighted by atomic mass is 35.5. The molecule has 0 unspecified atom stereocenters. The molecule has 0 aliphatic rings. The number of para-hydroxylation sites is 2. The van der Waals surface area contributed by atoms with Gasteiger partial charge in [-0.1, -0.05) is 41.9 Å². The minimum atomic E-state index is -4.11. The SMILES string of the molecule is COc1ccccc1NS(=O)(=O)c1cc(C(=O)NCc2ccccc2F)ccc1Cl. The molecule has 0 saturated carbocycles. The number of rotatable bonds is 7. The molecule has 3 aromatic rings. The van der Waals surface area contributed by atoms with Crippen LogP contribution >= 0.6 is 11.6 Å². The van der Waals surface area contributed by atoms with Gasteiger partial charge in [0.2, 0.25) is 0 Å². The normalized spacial score (nSPS) is 11.0. The third kappa shape index (κ3) is 4.90. The van der Waals surface area contributed by atoms with Crippen LogP contribution in [0, 0.1) is 5.82 Å². The first-order valence-electron chi connectivity index (χ1n) is 8.79. The lowest BCUT2D eigenvalue weighted by Gasteiger charge is -2.13. The van der Waals surface area contributed by atoms with Crippen molar-refractivity contribution in [2.75, 3.05) is 11.8 Å². The molecule has 9 heteroatoms. The summed E-state index contributed by atoms with van der Waals surface area (Å²) in [7, 11) is -2.69. The Morgan fingerprint density at radius 1 is 1.07 bits per heavy atom. The monoisotopic (exact) mass is 448 g/mol. The Labute approximate surface area is 178 Å². The molecule has 2 N–H and O–H groups in total. The fraction of sp³-hybridized carbons (Fsp3) is 0.0952. The van der Waals surface area contributed by atoms with Crippen LogP contribution in [-0.2, 0) is 16.6 Å². The van der Waals surface area contributed by atoms with Crippen LogP contribution in [0.15, 0.2) is 71.6 Å². The third-order valence-electron chi connectivity index (χ3n) is 4.23. The minimum Gasteiger partial charge on any atom is -0.495 e. The first-order valence-corrected chi connectivity index (χ1v) is 10.6. The molecule has 30 heavy (non-hydrogen) atoms. The summed E-state index contributed by atoms with van der Waals surface area (Å²) in [6, 6.07) is 16.4. The van der Waals surface area contributed by atoms with E-state index in [-0.39, 0.29) is 27.7 Å². The van der Waals surface area contributed by atoms with Crippen LogP contribution in [0.25, 0.3) is 0 Å². The molecular formula is C21H18ClFN2O4S. The molecule has 0 radical (unpaired) electrons. The molecule has 0 spiro atoms. The highest BCUT2D eigenvalue weighted by Gasteiger charge is 2.22. The summed E-state index contributed by atoms with van der Waals surface area (Å²) < 4.78 is 47.0. The zero-order valence-corrected chi connectivity index (χ0v) is 17.4. The zero-order chi connectivity index (χ0) is 21.7. The summed E-state index contributed by atoms with van der Waals surface area (Å²) >= 11 is 6.09. The van der Waals surface area contributed by atoms with Crippen molar-refractivity contribution < 1.29 is 22.3 Å². The lowest BCUT2D eigenvalue weighted by molar-refractivity contribution is 0.0950. The predicted molar refractivity (Wildman–Crippen MR) is 113 cm³/mol. The molecule has 0 bridgehead atoms. The van der Waals surface area contributed by atoms with Gasteiger partial charge < -0.3 is 10.1 Å². The van der Waals surface area contributed by atoms with E-state index in [0.29, 0.717) is 11.3 Å². The van der Waals surface area contributed by atoms with E-state index in [1.165, 1.54) is 31.4 Å². The Balaban J connectivity index is 1.83. The zero-order valence-electron chi connectivity index (χ0n) is 15.9. The number of nitrogens with one attached hydrogen (secondary N) is 2. The topological polar surface area (TPSA) is 84.5 Å². The van der Waals surface area contributed by atoms with Crippen molar-refractivity contribution in [2.24, 2.45) is 0 Å². The quantitative estimate of drug-likeness (QED) is 0.566. The second kappa shape index (κ2) is 9.15. The van der Waals surface area contributed by atoms with Crippen LogP contribution in [0.3, 0.4) is 0 Å². The Morgan fingerprint density at radius 2 is 1.77 bits per heavy atom. The molecule has 0 heterocycles. The van der Waals surface area contributed by atoms with Gasteiger partial charge in [-0.2, -0.15) is 0 Å². The molecule has 0 saturated heterocycles. The second-order valence-corrected chi connectivity index (χ2v) is 8.28. The number of sulfonamides is 1. The largest absolute Gasteiger partial charge is 0.495 e. The van der Waals surface area contributed by atoms with E-state index < -0.39 is 21.7 Å². The third-order valence-corrected chi connectivity index (χ3v) is 6.08. The van der Waals surface area contributed by atoms with Gasteiger partial charge in [0, 0.05) is 17.7 Å². The molecule has 0 aromatic heterocycles. The van der Waals surface area contributed by atoms with Crippen LogP contribution in [-0.4, -0.2) is 21.4 Å². The first-order chi connectivity index (χ1) is 14.3. The number of methoxy groups -OCH3 is 1. The number of carbonyl (C=O) groups is 1. The first kappa shape index (κ1) is 21.6. The maximum absolute atomic E-state index is 13.7. The van der Waals surface area contributed by atoms with Crippen molar-refractivity contribution in [2.45, 2.75) is 11.4 Å². The lowest BCUT2D eigenvalue weighted by Crippen LogP contribution is -2.24. The number of benzene rings is 3. The Morgan fingerprint density at radius 3 is 2.50 bits per heavy atom. The van der Waals surface area contributed by atoms with Crippen LogP contribution in [0.4, 0.5) is 10.1 Å². The average Bonchev–Trinajstić information content (AvgIpc) is 2.73. The number of carbonyl (C=O) groups excluding carboxylic acids is 1. The number of ether oxygens (including phenoxy) is 1. The van der Waals surface area contributed by atoms with Crippen LogP contribution in [0.1, 0.15) is 15.9 Å². The van der Waals surface area contributed by atoms with Gasteiger partial charge in [0.15, 0.2) is 0 Å². The molecular weight excluding hydrogens is 431 g/mol. The molecule has 0 atom stereocenters. The van der Waals surface area contributed by atoms with E-state index in [9.17, 15) is 17.6 Å². The van der Waals surface area contributed by atoms with E-state index in [1.807, 2.05) is 0 Å². The molecule has 0 aliphatic heterocycles. The van der Waals surface area contributed by atoms with E-state index in [1.54, 1.807) is 36.4 Å². The van der Waals surface area contributed by atoms with E-state index in [4.69, 9.17) is 16.3 Å². The van der Waals surface area contributed by atoms with Gasteiger partial charge in [-0.25, -0.2) is 12.8 Å². The van der Waals surface area contributed by atoms with Gasteiger partial charge in [0.05, 0.1) is 17.8 Å². The molecule has 1 amide bonds. The van der Waals surface area contributed by atoms with Crippen LogP contribution in [0.5, 0.6) is 5.75 Å². The van der Waals surface area contributed by atoms with Crippen LogP contribution in [0.2, 0.25) is 5.02 Å². The number of halogens is 2. The van der Waals surface area contributed by atoms with Gasteiger partial charge in [-0.05, 0) is 36.4 Å². The number of anilines is 1. The smallest absolute Gasteiger partial charge is 0.263 e. The minimum absolute atomic E-state index is 0.0460.